The Labute approximate surface area is 323 Å². The molecular weight excluding hydrogens is 735 g/mol. The quantitative estimate of drug-likeness (QED) is 0.0720. The minimum absolute atomic E-state index is 0.0111. The van der Waals surface area contributed by atoms with Crippen molar-refractivity contribution in [2.24, 2.45) is 0 Å². The summed E-state index contributed by atoms with van der Waals surface area (Å²) in [5.41, 5.74) is 2.17. The van der Waals surface area contributed by atoms with E-state index >= 15 is 0 Å². The van der Waals surface area contributed by atoms with Crippen molar-refractivity contribution < 1.29 is 52.9 Å². The lowest BCUT2D eigenvalue weighted by Crippen LogP contribution is -2.45. The summed E-state index contributed by atoms with van der Waals surface area (Å²) < 4.78 is 17.7. The third-order valence-electron chi connectivity index (χ3n) is 7.01. The van der Waals surface area contributed by atoms with Crippen LogP contribution in [0.3, 0.4) is 0 Å². The van der Waals surface area contributed by atoms with Gasteiger partial charge in [-0.2, -0.15) is 9.65 Å². The van der Waals surface area contributed by atoms with Gasteiger partial charge in [0, 0.05) is 24.7 Å². The number of carbonyl (C=O) groups is 7. The van der Waals surface area contributed by atoms with E-state index in [9.17, 15) is 33.2 Å². The van der Waals surface area contributed by atoms with Crippen molar-refractivity contribution in [3.05, 3.63) is 65.9 Å². The lowest BCUT2D eigenvalue weighted by atomic mass is 10.1. The average molecular weight is 785 g/mol. The number of fused-ring (bicyclic) bond motifs is 1. The van der Waals surface area contributed by atoms with Gasteiger partial charge in [0.05, 0.1) is 49.3 Å². The largest absolute Gasteiger partial charge is 0.494 e. The second-order valence-corrected chi connectivity index (χ2v) is 11.5. The first-order valence-electron chi connectivity index (χ1n) is 17.1. The number of nitriles is 1. The summed E-state index contributed by atoms with van der Waals surface area (Å²) in [5, 5.41) is 34.7. The van der Waals surface area contributed by atoms with E-state index in [1.807, 2.05) is 38.5 Å². The first kappa shape index (κ1) is 49.6. The summed E-state index contributed by atoms with van der Waals surface area (Å²) in [7, 11) is 3.90. The number of aryl methyl sites for hydroxylation is 1. The SMILES string of the molecule is CC(=O)O.CN1CCCC1C#N.CNCCCOc1ccc2nccc(C(=O)NCC=O)c2c1.Cc1ccc(F)nc1.O=CCNC(=O)C(CC(=O)O)NC=O. The van der Waals surface area contributed by atoms with Gasteiger partial charge in [-0.15, -0.1) is 0 Å². The molecule has 1 saturated heterocycles. The number of amides is 3. The second kappa shape index (κ2) is 30.0. The van der Waals surface area contributed by atoms with E-state index < -0.39 is 36.3 Å². The summed E-state index contributed by atoms with van der Waals surface area (Å²) in [5.74, 6) is -2.78. The van der Waals surface area contributed by atoms with Crippen molar-refractivity contribution in [2.75, 3.05) is 46.9 Å². The molecule has 56 heavy (non-hydrogen) atoms. The second-order valence-electron chi connectivity index (χ2n) is 11.5. The zero-order chi connectivity index (χ0) is 42.3. The molecule has 3 heterocycles. The molecule has 19 heteroatoms. The third kappa shape index (κ3) is 22.6. The number of ether oxygens (including phenoxy) is 1. The van der Waals surface area contributed by atoms with E-state index in [1.165, 1.54) is 18.7 Å². The van der Waals surface area contributed by atoms with E-state index in [0.717, 1.165) is 38.4 Å². The Bertz CT molecular complexity index is 1700. The van der Waals surface area contributed by atoms with Crippen LogP contribution in [0.1, 0.15) is 48.5 Å². The number of rotatable bonds is 15. The van der Waals surface area contributed by atoms with E-state index in [-0.39, 0.29) is 31.4 Å². The number of likely N-dealkylation sites (tertiary alicyclic amines) is 1. The topological polar surface area (TPSA) is 270 Å². The lowest BCUT2D eigenvalue weighted by molar-refractivity contribution is -0.140. The summed E-state index contributed by atoms with van der Waals surface area (Å²) in [6.45, 7) is 5.30. The molecule has 3 aromatic rings. The van der Waals surface area contributed by atoms with Gasteiger partial charge in [-0.3, -0.25) is 33.9 Å². The van der Waals surface area contributed by atoms with Gasteiger partial charge in [-0.25, -0.2) is 4.98 Å². The Morgan fingerprint density at radius 3 is 2.25 bits per heavy atom. The van der Waals surface area contributed by atoms with Gasteiger partial charge in [0.25, 0.3) is 11.9 Å². The van der Waals surface area contributed by atoms with Crippen LogP contribution in [0.15, 0.2) is 48.8 Å². The molecule has 1 fully saturated rings. The molecule has 1 aliphatic rings. The zero-order valence-electron chi connectivity index (χ0n) is 31.7. The van der Waals surface area contributed by atoms with Gasteiger partial charge in [0.15, 0.2) is 0 Å². The van der Waals surface area contributed by atoms with E-state index in [1.54, 1.807) is 24.4 Å². The van der Waals surface area contributed by atoms with Gasteiger partial charge in [0.1, 0.15) is 24.4 Å². The van der Waals surface area contributed by atoms with E-state index in [2.05, 4.69) is 36.9 Å². The van der Waals surface area contributed by atoms with Crippen LogP contribution in [0.25, 0.3) is 10.9 Å². The minimum Gasteiger partial charge on any atom is -0.494 e. The van der Waals surface area contributed by atoms with E-state index in [0.29, 0.717) is 41.4 Å². The number of aromatic nitrogens is 2. The summed E-state index contributed by atoms with van der Waals surface area (Å²) >= 11 is 0. The van der Waals surface area contributed by atoms with E-state index in [4.69, 9.17) is 25.0 Å². The van der Waals surface area contributed by atoms with Crippen LogP contribution in [0.4, 0.5) is 4.39 Å². The van der Waals surface area contributed by atoms with Crippen molar-refractivity contribution in [3.8, 4) is 11.8 Å². The Morgan fingerprint density at radius 2 is 1.75 bits per heavy atom. The highest BCUT2D eigenvalue weighted by molar-refractivity contribution is 6.06. The van der Waals surface area contributed by atoms with Crippen LogP contribution >= 0.6 is 0 Å². The number of hydrogen-bond acceptors (Lipinski definition) is 13. The van der Waals surface area contributed by atoms with Gasteiger partial charge < -0.3 is 45.8 Å². The fourth-order valence-electron chi connectivity index (χ4n) is 4.35. The molecule has 0 aliphatic carbocycles. The molecule has 3 amide bonds. The molecule has 2 atom stereocenters. The third-order valence-corrected chi connectivity index (χ3v) is 7.01. The van der Waals surface area contributed by atoms with Crippen molar-refractivity contribution in [2.45, 2.75) is 51.6 Å². The Balaban J connectivity index is 0.000000757. The fourth-order valence-corrected chi connectivity index (χ4v) is 4.35. The zero-order valence-corrected chi connectivity index (χ0v) is 31.7. The number of hydrogen-bond donors (Lipinski definition) is 6. The Morgan fingerprint density at radius 1 is 1.07 bits per heavy atom. The number of benzene rings is 1. The Hall–Kier alpha value is -6.39. The number of carboxylic acids is 2. The van der Waals surface area contributed by atoms with Crippen LogP contribution in [-0.2, 0) is 28.8 Å². The standard InChI is InChI=1S/C16H19N3O3.C7H10N2O5.C6H6FN.C6H10N2.C2H4O2/c1-17-6-2-10-22-12-3-4-15-14(11-12)13(5-7-18-15)16(21)19-8-9-20;10-2-1-8-7(14)5(9-4-11)3-6(12)13;1-5-2-3-6(7)8-4-5;1-8-4-2-3-6(8)5-7;1-2(3)4/h3-5,7,9,11,17H,2,6,8,10H2,1H3,(H,19,21);2,4-5H,1,3H2,(H,8,14)(H,9,11)(H,12,13);2-4H,1H3;6H,2-4H2,1H3;1H3,(H,3,4). The first-order chi connectivity index (χ1) is 26.7. The molecule has 4 rings (SSSR count). The maximum atomic E-state index is 12.1. The smallest absolute Gasteiger partial charge is 0.305 e. The molecule has 1 aliphatic heterocycles. The van der Waals surface area contributed by atoms with Crippen molar-refractivity contribution in [1.29, 1.82) is 5.26 Å². The number of nitrogens with one attached hydrogen (secondary N) is 4. The van der Waals surface area contributed by atoms with Crippen molar-refractivity contribution >= 4 is 53.6 Å². The maximum absolute atomic E-state index is 12.1. The number of aliphatic carboxylic acids is 2. The van der Waals surface area contributed by atoms with Gasteiger partial charge in [0.2, 0.25) is 18.3 Å². The fraction of sp³-hybridized carbons (Fsp3) is 0.405. The maximum Gasteiger partial charge on any atom is 0.305 e. The molecule has 1 aromatic carbocycles. The van der Waals surface area contributed by atoms with Gasteiger partial charge in [-0.1, -0.05) is 6.07 Å². The molecule has 18 nitrogen and oxygen atoms in total. The lowest BCUT2D eigenvalue weighted by Gasteiger charge is -2.12. The molecule has 0 saturated carbocycles. The number of pyridine rings is 2. The highest BCUT2D eigenvalue weighted by atomic mass is 19.1. The highest BCUT2D eigenvalue weighted by Crippen LogP contribution is 2.23. The highest BCUT2D eigenvalue weighted by Gasteiger charge is 2.20. The molecule has 2 aromatic heterocycles. The number of aldehydes is 2. The molecule has 0 radical (unpaired) electrons. The molecular formula is C37H49FN8O10. The normalized spacial score (nSPS) is 13.0. The molecule has 6 N–H and O–H groups in total. The minimum atomic E-state index is -1.22. The number of carboxylic acid groups (broad SMARTS) is 2. The predicted molar refractivity (Wildman–Crippen MR) is 202 cm³/mol. The summed E-state index contributed by atoms with van der Waals surface area (Å²) in [6.07, 6.45) is 7.03. The van der Waals surface area contributed by atoms with Crippen LogP contribution < -0.4 is 26.0 Å². The molecule has 304 valence electrons. The average Bonchev–Trinajstić information content (AvgIpc) is 3.60. The summed E-state index contributed by atoms with van der Waals surface area (Å²) in [4.78, 5) is 82.5. The molecule has 0 spiro atoms. The molecule has 0 bridgehead atoms. The van der Waals surface area contributed by atoms with Crippen molar-refractivity contribution in [1.82, 2.24) is 36.1 Å². The number of carbonyl (C=O) groups excluding carboxylic acids is 5. The number of halogens is 1. The monoisotopic (exact) mass is 784 g/mol. The van der Waals surface area contributed by atoms with Crippen molar-refractivity contribution in [3.63, 3.8) is 0 Å². The van der Waals surface area contributed by atoms with Crippen LogP contribution in [0.5, 0.6) is 5.75 Å². The van der Waals surface area contributed by atoms with Crippen LogP contribution in [0.2, 0.25) is 0 Å². The van der Waals surface area contributed by atoms with Crippen LogP contribution in [0, 0.1) is 24.2 Å². The molecule has 2 unspecified atom stereocenters. The van der Waals surface area contributed by atoms with Gasteiger partial charge in [-0.05, 0) is 89.3 Å². The first-order valence-corrected chi connectivity index (χ1v) is 17.1. The number of nitrogens with zero attached hydrogens (tertiary/aromatic N) is 4. The van der Waals surface area contributed by atoms with Crippen LogP contribution in [-0.4, -0.2) is 127 Å². The summed E-state index contributed by atoms with van der Waals surface area (Å²) in [6, 6.07) is 11.4. The predicted octanol–water partition coefficient (Wildman–Crippen LogP) is 1.27. The van der Waals surface area contributed by atoms with Gasteiger partial charge >= 0.3 is 5.97 Å². The Kier molecular flexibility index (Phi) is 26.6.